The van der Waals surface area contributed by atoms with Gasteiger partial charge in [-0.3, -0.25) is 9.13 Å². The Balaban J connectivity index is 2.79. The summed E-state index contributed by atoms with van der Waals surface area (Å²) in [5, 5.41) is 11.1. The lowest BCUT2D eigenvalue weighted by Crippen LogP contribution is -2.46. The highest BCUT2D eigenvalue weighted by Gasteiger charge is 2.43. The molecule has 0 unspecified atom stereocenters. The van der Waals surface area contributed by atoms with Gasteiger partial charge in [0.05, 0.1) is 17.8 Å². The Morgan fingerprint density at radius 1 is 1.16 bits per heavy atom. The molecule has 2 rings (SSSR count). The van der Waals surface area contributed by atoms with Crippen LogP contribution in [-0.2, 0) is 14.8 Å². The molecule has 12 nitrogen and oxygen atoms in total. The zero-order valence-electron chi connectivity index (χ0n) is 18.4. The number of hydrogen-bond donors (Lipinski definition) is 5. The van der Waals surface area contributed by atoms with Gasteiger partial charge in [-0.15, -0.1) is 0 Å². The third-order valence-electron chi connectivity index (χ3n) is 5.12. The van der Waals surface area contributed by atoms with Crippen molar-refractivity contribution in [1.29, 1.82) is 0 Å². The first-order valence-corrected chi connectivity index (χ1v) is 11.7. The van der Waals surface area contributed by atoms with Gasteiger partial charge in [0.15, 0.2) is 17.0 Å². The average molecular weight is 458 g/mol. The molecule has 0 spiro atoms. The molecule has 174 valence electrons. The Bertz CT molecular complexity index is 1010. The molecule has 2 aromatic heterocycles. The quantitative estimate of drug-likeness (QED) is 0.283. The summed E-state index contributed by atoms with van der Waals surface area (Å²) in [5.74, 6) is -1.11. The minimum atomic E-state index is -4.35. The predicted molar refractivity (Wildman–Crippen MR) is 115 cm³/mol. The number of nitrogens with zero attached hydrogens (tertiary/aromatic N) is 4. The zero-order valence-corrected chi connectivity index (χ0v) is 19.3. The van der Waals surface area contributed by atoms with E-state index in [9.17, 15) is 24.3 Å². The number of anilines is 2. The lowest BCUT2D eigenvalue weighted by Gasteiger charge is -2.39. The number of carbonyl (C=O) groups is 1. The molecule has 0 aliphatic heterocycles. The van der Waals surface area contributed by atoms with Crippen molar-refractivity contribution in [3.05, 3.63) is 5.82 Å². The van der Waals surface area contributed by atoms with Crippen LogP contribution in [0.25, 0.3) is 11.2 Å². The number of aromatic nitrogens is 4. The number of aliphatic hydroxyl groups is 1. The van der Waals surface area contributed by atoms with E-state index in [1.807, 2.05) is 0 Å². The molecular weight excluding hydrogens is 427 g/mol. The Morgan fingerprint density at radius 3 is 2.23 bits per heavy atom. The van der Waals surface area contributed by atoms with Gasteiger partial charge in [-0.2, -0.15) is 9.97 Å². The van der Waals surface area contributed by atoms with Gasteiger partial charge in [-0.25, -0.2) is 9.78 Å². The fourth-order valence-electron chi connectivity index (χ4n) is 3.62. The highest BCUT2D eigenvalue weighted by Crippen LogP contribution is 2.41. The maximum Gasteiger partial charge on any atom is 0.375 e. The van der Waals surface area contributed by atoms with Crippen molar-refractivity contribution in [2.45, 2.75) is 71.1 Å². The predicted octanol–water partition coefficient (Wildman–Crippen LogP) is 1.39. The summed E-state index contributed by atoms with van der Waals surface area (Å²) < 4.78 is 18.3. The van der Waals surface area contributed by atoms with Crippen molar-refractivity contribution in [2.24, 2.45) is 0 Å². The van der Waals surface area contributed by atoms with Crippen LogP contribution in [0.2, 0.25) is 0 Å². The lowest BCUT2D eigenvalue weighted by molar-refractivity contribution is -0.00143. The van der Waals surface area contributed by atoms with Crippen molar-refractivity contribution < 1.29 is 29.0 Å². The molecule has 0 aliphatic carbocycles. The number of rotatable bonds is 8. The largest absolute Gasteiger partial charge is 0.454 e. The van der Waals surface area contributed by atoms with E-state index >= 15 is 0 Å². The molecule has 31 heavy (non-hydrogen) atoms. The van der Waals surface area contributed by atoms with Crippen molar-refractivity contribution >= 4 is 36.5 Å². The molecular formula is C18H31N6O6P. The maximum atomic E-state index is 13.0. The van der Waals surface area contributed by atoms with Crippen LogP contribution in [0, 0.1) is 0 Å². The normalized spacial score (nSPS) is 14.1. The van der Waals surface area contributed by atoms with Gasteiger partial charge in [0, 0.05) is 0 Å². The number of fused-ring (bicyclic) bond motifs is 1. The number of ether oxygens (including phenoxy) is 1. The molecule has 1 atom stereocenters. The van der Waals surface area contributed by atoms with Gasteiger partial charge < -0.3 is 31.1 Å². The molecule has 0 aromatic carbocycles. The second-order valence-corrected chi connectivity index (χ2v) is 10.2. The molecule has 0 saturated heterocycles. The van der Waals surface area contributed by atoms with E-state index in [0.29, 0.717) is 0 Å². The van der Waals surface area contributed by atoms with E-state index in [0.717, 1.165) is 0 Å². The van der Waals surface area contributed by atoms with Crippen LogP contribution < -0.4 is 11.5 Å². The standard InChI is InChI=1S/C18H31N6O6P/c1-6-18(7-2,10(25)8-9-31(27,28)29)24-13-11(12(19)22-16(20)23-13)21-14(24)15(26)30-17(3,4)5/h10,25H,6-9H2,1-5H3,(H2,27,28,29)(H4,19,20,22,23)/t10-/m0/s1. The molecule has 0 radical (unpaired) electrons. The van der Waals surface area contributed by atoms with Crippen LogP contribution in [0.3, 0.4) is 0 Å². The molecule has 0 saturated carbocycles. The van der Waals surface area contributed by atoms with E-state index in [4.69, 9.17) is 16.2 Å². The molecule has 2 heterocycles. The summed E-state index contributed by atoms with van der Waals surface area (Å²) in [6.45, 7) is 8.66. The lowest BCUT2D eigenvalue weighted by atomic mass is 9.84. The molecule has 0 amide bonds. The Labute approximate surface area is 180 Å². The number of aliphatic hydroxyl groups excluding tert-OH is 1. The molecule has 2 aromatic rings. The Hall–Kier alpha value is -2.27. The molecule has 7 N–H and O–H groups in total. The van der Waals surface area contributed by atoms with Crippen LogP contribution in [0.15, 0.2) is 0 Å². The third-order valence-corrected chi connectivity index (χ3v) is 5.96. The number of carbonyl (C=O) groups excluding carboxylic acids is 1. The number of nitrogen functional groups attached to an aromatic ring is 2. The van der Waals surface area contributed by atoms with Crippen molar-refractivity contribution in [2.75, 3.05) is 17.6 Å². The van der Waals surface area contributed by atoms with E-state index in [-0.39, 0.29) is 48.0 Å². The van der Waals surface area contributed by atoms with E-state index in [1.165, 1.54) is 4.57 Å². The van der Waals surface area contributed by atoms with E-state index in [2.05, 4.69) is 15.0 Å². The minimum Gasteiger partial charge on any atom is -0.454 e. The second-order valence-electron chi connectivity index (χ2n) is 8.42. The van der Waals surface area contributed by atoms with Crippen LogP contribution in [0.5, 0.6) is 0 Å². The second kappa shape index (κ2) is 8.70. The maximum absolute atomic E-state index is 13.0. The summed E-state index contributed by atoms with van der Waals surface area (Å²) in [7, 11) is -4.35. The fraction of sp³-hybridized carbons (Fsp3) is 0.667. The molecule has 0 fully saturated rings. The first-order valence-electron chi connectivity index (χ1n) is 9.93. The SMILES string of the molecule is CCC(CC)([C@@H](O)CCP(=O)(O)O)n1c(C(=O)OC(C)(C)C)nc2c(N)nc(N)nc21. The van der Waals surface area contributed by atoms with Gasteiger partial charge in [0.1, 0.15) is 5.60 Å². The van der Waals surface area contributed by atoms with Gasteiger partial charge in [-0.05, 0) is 40.0 Å². The third kappa shape index (κ3) is 5.32. The van der Waals surface area contributed by atoms with Gasteiger partial charge >= 0.3 is 13.6 Å². The van der Waals surface area contributed by atoms with Crippen LogP contribution in [0.1, 0.15) is 64.5 Å². The summed E-state index contributed by atoms with van der Waals surface area (Å²) in [5.41, 5.74) is 9.96. The van der Waals surface area contributed by atoms with Crippen molar-refractivity contribution in [3.63, 3.8) is 0 Å². The first kappa shape index (κ1) is 25.0. The smallest absolute Gasteiger partial charge is 0.375 e. The zero-order chi connectivity index (χ0) is 23.8. The number of hydrogen-bond acceptors (Lipinski definition) is 9. The summed E-state index contributed by atoms with van der Waals surface area (Å²) >= 11 is 0. The molecule has 13 heteroatoms. The molecule has 0 aliphatic rings. The van der Waals surface area contributed by atoms with Crippen molar-refractivity contribution in [3.8, 4) is 0 Å². The molecule has 0 bridgehead atoms. The monoisotopic (exact) mass is 458 g/mol. The summed E-state index contributed by atoms with van der Waals surface area (Å²) in [6.07, 6.45) is -1.40. The first-order chi connectivity index (χ1) is 14.1. The van der Waals surface area contributed by atoms with Crippen LogP contribution in [-0.4, -0.2) is 58.2 Å². The minimum absolute atomic E-state index is 0.0446. The summed E-state index contributed by atoms with van der Waals surface area (Å²) in [6, 6.07) is 0. The van der Waals surface area contributed by atoms with Crippen LogP contribution in [0.4, 0.5) is 11.8 Å². The van der Waals surface area contributed by atoms with Gasteiger partial charge in [-0.1, -0.05) is 13.8 Å². The number of nitrogens with two attached hydrogens (primary N) is 2. The number of imidazole rings is 1. The fourth-order valence-corrected chi connectivity index (χ4v) is 4.21. The van der Waals surface area contributed by atoms with Gasteiger partial charge in [0.2, 0.25) is 11.8 Å². The van der Waals surface area contributed by atoms with Crippen molar-refractivity contribution in [1.82, 2.24) is 19.5 Å². The van der Waals surface area contributed by atoms with E-state index in [1.54, 1.807) is 34.6 Å². The van der Waals surface area contributed by atoms with Crippen LogP contribution >= 0.6 is 7.60 Å². The number of esters is 1. The Morgan fingerprint density at radius 2 is 1.74 bits per heavy atom. The Kier molecular flexibility index (Phi) is 7.01. The topological polar surface area (TPSA) is 200 Å². The highest BCUT2D eigenvalue weighted by molar-refractivity contribution is 7.51. The summed E-state index contributed by atoms with van der Waals surface area (Å²) in [4.78, 5) is 44.0. The average Bonchev–Trinajstić information content (AvgIpc) is 3.00. The van der Waals surface area contributed by atoms with Gasteiger partial charge in [0.25, 0.3) is 0 Å². The van der Waals surface area contributed by atoms with E-state index < -0.39 is 37.0 Å². The highest BCUT2D eigenvalue weighted by atomic mass is 31.2.